The van der Waals surface area contributed by atoms with Crippen LogP contribution in [0, 0.1) is 6.92 Å². The predicted molar refractivity (Wildman–Crippen MR) is 112 cm³/mol. The summed E-state index contributed by atoms with van der Waals surface area (Å²) in [6, 6.07) is 8.11. The first-order valence-electron chi connectivity index (χ1n) is 9.24. The van der Waals surface area contributed by atoms with Gasteiger partial charge in [0.1, 0.15) is 5.69 Å². The smallest absolute Gasteiger partial charge is 0.278 e. The van der Waals surface area contributed by atoms with E-state index in [0.717, 1.165) is 28.3 Å². The minimum atomic E-state index is -0.0456. The molecule has 1 aromatic carbocycles. The van der Waals surface area contributed by atoms with Crippen molar-refractivity contribution in [3.05, 3.63) is 41.7 Å². The highest BCUT2D eigenvalue weighted by Gasteiger charge is 2.24. The monoisotopic (exact) mass is 385 g/mol. The van der Waals surface area contributed by atoms with Crippen LogP contribution in [0.1, 0.15) is 42.4 Å². The Morgan fingerprint density at radius 3 is 2.70 bits per heavy atom. The van der Waals surface area contributed by atoms with E-state index in [1.165, 1.54) is 5.56 Å². The lowest BCUT2D eigenvalue weighted by Gasteiger charge is -2.22. The summed E-state index contributed by atoms with van der Waals surface area (Å²) in [6.45, 7) is 7.66. The molecule has 0 N–H and O–H groups in total. The average molecular weight is 386 g/mol. The zero-order valence-corrected chi connectivity index (χ0v) is 17.5. The zero-order valence-electron chi connectivity index (χ0n) is 16.6. The molecule has 1 amide bonds. The SMILES string of the molecule is Cc1ccc2nc(N(CCCN(C)C)C(=O)c3ccnn3C(C)C)sc2c1. The molecule has 7 heteroatoms. The maximum atomic E-state index is 13.4. The number of fused-ring (bicyclic) bond motifs is 1. The fourth-order valence-electron chi connectivity index (χ4n) is 3.00. The van der Waals surface area contributed by atoms with Crippen LogP contribution in [0.2, 0.25) is 0 Å². The van der Waals surface area contributed by atoms with Gasteiger partial charge in [-0.1, -0.05) is 17.4 Å². The molecule has 0 saturated carbocycles. The normalized spacial score (nSPS) is 11.7. The Bertz CT molecular complexity index is 927. The number of thiazole rings is 1. The van der Waals surface area contributed by atoms with Crippen LogP contribution in [-0.4, -0.2) is 52.8 Å². The minimum absolute atomic E-state index is 0.0456. The number of aromatic nitrogens is 3. The first-order valence-corrected chi connectivity index (χ1v) is 10.1. The van der Waals surface area contributed by atoms with E-state index in [-0.39, 0.29) is 11.9 Å². The summed E-state index contributed by atoms with van der Waals surface area (Å²) >= 11 is 1.57. The summed E-state index contributed by atoms with van der Waals surface area (Å²) in [4.78, 5) is 22.0. The number of hydrogen-bond donors (Lipinski definition) is 0. The van der Waals surface area contributed by atoms with Crippen LogP contribution in [0.25, 0.3) is 10.2 Å². The highest BCUT2D eigenvalue weighted by Crippen LogP contribution is 2.30. The van der Waals surface area contributed by atoms with E-state index in [2.05, 4.69) is 29.1 Å². The van der Waals surface area contributed by atoms with Gasteiger partial charge in [0.2, 0.25) is 0 Å². The summed E-state index contributed by atoms with van der Waals surface area (Å²) in [7, 11) is 4.08. The standard InChI is InChI=1S/C20H27N5OS/c1-14(2)25-17(9-10-21-25)19(26)24(12-6-11-23(4)5)20-22-16-8-7-15(3)13-18(16)27-20/h7-10,13-14H,6,11-12H2,1-5H3. The van der Waals surface area contributed by atoms with E-state index in [1.807, 2.05) is 34.0 Å². The fraction of sp³-hybridized carbons (Fsp3) is 0.450. The summed E-state index contributed by atoms with van der Waals surface area (Å²) in [5, 5.41) is 5.07. The van der Waals surface area contributed by atoms with Gasteiger partial charge in [0.05, 0.1) is 10.2 Å². The van der Waals surface area contributed by atoms with E-state index < -0.39 is 0 Å². The Hall–Kier alpha value is -2.25. The van der Waals surface area contributed by atoms with Gasteiger partial charge in [-0.15, -0.1) is 0 Å². The maximum absolute atomic E-state index is 13.4. The van der Waals surface area contributed by atoms with Crippen molar-refractivity contribution >= 4 is 32.6 Å². The molecule has 0 aliphatic heterocycles. The van der Waals surface area contributed by atoms with Crippen molar-refractivity contribution < 1.29 is 4.79 Å². The number of rotatable bonds is 7. The van der Waals surface area contributed by atoms with Gasteiger partial charge >= 0.3 is 0 Å². The van der Waals surface area contributed by atoms with Crippen LogP contribution in [0.4, 0.5) is 5.13 Å². The molecule has 0 unspecified atom stereocenters. The van der Waals surface area contributed by atoms with Gasteiger partial charge in [0.15, 0.2) is 5.13 Å². The number of hydrogen-bond acceptors (Lipinski definition) is 5. The fourth-order valence-corrected chi connectivity index (χ4v) is 4.09. The molecule has 3 aromatic rings. The Kier molecular flexibility index (Phi) is 5.92. The number of nitrogens with zero attached hydrogens (tertiary/aromatic N) is 5. The van der Waals surface area contributed by atoms with Gasteiger partial charge in [0.25, 0.3) is 5.91 Å². The highest BCUT2D eigenvalue weighted by molar-refractivity contribution is 7.22. The highest BCUT2D eigenvalue weighted by atomic mass is 32.1. The van der Waals surface area contributed by atoms with E-state index in [4.69, 9.17) is 4.98 Å². The second-order valence-electron chi connectivity index (χ2n) is 7.34. The van der Waals surface area contributed by atoms with Crippen molar-refractivity contribution in [3.8, 4) is 0 Å². The van der Waals surface area contributed by atoms with Crippen molar-refractivity contribution in [2.24, 2.45) is 0 Å². The van der Waals surface area contributed by atoms with Gasteiger partial charge in [-0.25, -0.2) is 4.98 Å². The number of anilines is 1. The van der Waals surface area contributed by atoms with E-state index in [9.17, 15) is 4.79 Å². The molecule has 0 aliphatic carbocycles. The molecule has 3 rings (SSSR count). The van der Waals surface area contributed by atoms with Crippen LogP contribution >= 0.6 is 11.3 Å². The zero-order chi connectivity index (χ0) is 19.6. The van der Waals surface area contributed by atoms with Gasteiger partial charge in [-0.2, -0.15) is 5.10 Å². The van der Waals surface area contributed by atoms with Crippen molar-refractivity contribution in [1.29, 1.82) is 0 Å². The van der Waals surface area contributed by atoms with Crippen molar-refractivity contribution in [2.75, 3.05) is 32.1 Å². The summed E-state index contributed by atoms with van der Waals surface area (Å²) < 4.78 is 2.88. The second-order valence-corrected chi connectivity index (χ2v) is 8.35. The lowest BCUT2D eigenvalue weighted by atomic mass is 10.2. The first-order chi connectivity index (χ1) is 12.9. The number of carbonyl (C=O) groups excluding carboxylic acids is 1. The van der Waals surface area contributed by atoms with Gasteiger partial charge in [-0.3, -0.25) is 14.4 Å². The third kappa shape index (κ3) is 4.36. The van der Waals surface area contributed by atoms with Crippen LogP contribution in [-0.2, 0) is 0 Å². The molecule has 6 nitrogen and oxygen atoms in total. The molecule has 2 aromatic heterocycles. The number of amides is 1. The Morgan fingerprint density at radius 2 is 2.00 bits per heavy atom. The summed E-state index contributed by atoms with van der Waals surface area (Å²) in [5.74, 6) is -0.0456. The number of benzene rings is 1. The molecule has 0 aliphatic rings. The lowest BCUT2D eigenvalue weighted by Crippen LogP contribution is -2.35. The molecule has 0 bridgehead atoms. The van der Waals surface area contributed by atoms with Crippen molar-refractivity contribution in [3.63, 3.8) is 0 Å². The van der Waals surface area contributed by atoms with Gasteiger partial charge < -0.3 is 4.90 Å². The van der Waals surface area contributed by atoms with E-state index >= 15 is 0 Å². The molecule has 0 fully saturated rings. The molecule has 0 spiro atoms. The number of aryl methyl sites for hydroxylation is 1. The van der Waals surface area contributed by atoms with E-state index in [0.29, 0.717) is 12.2 Å². The summed E-state index contributed by atoms with van der Waals surface area (Å²) in [6.07, 6.45) is 2.57. The third-order valence-corrected chi connectivity index (χ3v) is 5.42. The number of carbonyl (C=O) groups is 1. The maximum Gasteiger partial charge on any atom is 0.278 e. The largest absolute Gasteiger partial charge is 0.309 e. The molecular weight excluding hydrogens is 358 g/mol. The van der Waals surface area contributed by atoms with Crippen molar-refractivity contribution in [2.45, 2.75) is 33.2 Å². The molecule has 0 atom stereocenters. The van der Waals surface area contributed by atoms with Crippen LogP contribution in [0.15, 0.2) is 30.5 Å². The van der Waals surface area contributed by atoms with Gasteiger partial charge in [-0.05, 0) is 71.6 Å². The molecule has 0 radical (unpaired) electrons. The molecular formula is C20H27N5OS. The van der Waals surface area contributed by atoms with E-state index in [1.54, 1.807) is 33.2 Å². The van der Waals surface area contributed by atoms with Crippen LogP contribution < -0.4 is 4.90 Å². The Labute approximate surface area is 164 Å². The second kappa shape index (κ2) is 8.19. The third-order valence-electron chi connectivity index (χ3n) is 4.37. The van der Waals surface area contributed by atoms with Crippen LogP contribution in [0.3, 0.4) is 0 Å². The first kappa shape index (κ1) is 19.5. The average Bonchev–Trinajstić information content (AvgIpc) is 3.24. The van der Waals surface area contributed by atoms with Crippen molar-refractivity contribution in [1.82, 2.24) is 19.7 Å². The molecule has 27 heavy (non-hydrogen) atoms. The minimum Gasteiger partial charge on any atom is -0.309 e. The topological polar surface area (TPSA) is 54.3 Å². The lowest BCUT2D eigenvalue weighted by molar-refractivity contribution is 0.0974. The van der Waals surface area contributed by atoms with Crippen LogP contribution in [0.5, 0.6) is 0 Å². The predicted octanol–water partition coefficient (Wildman–Crippen LogP) is 3.98. The van der Waals surface area contributed by atoms with Gasteiger partial charge in [0, 0.05) is 18.8 Å². The Balaban J connectivity index is 1.96. The summed E-state index contributed by atoms with van der Waals surface area (Å²) in [5.41, 5.74) is 2.73. The Morgan fingerprint density at radius 1 is 1.22 bits per heavy atom. The molecule has 2 heterocycles. The molecule has 144 valence electrons. The molecule has 0 saturated heterocycles. The quantitative estimate of drug-likeness (QED) is 0.617.